The number of hydrogen-bond donors (Lipinski definition) is 1. The van der Waals surface area contributed by atoms with Crippen LogP contribution in [0, 0.1) is 0 Å². The first kappa shape index (κ1) is 10.6. The number of benzene rings is 1. The van der Waals surface area contributed by atoms with E-state index in [2.05, 4.69) is 0 Å². The molecule has 3 unspecified atom stereocenters. The summed E-state index contributed by atoms with van der Waals surface area (Å²) >= 11 is 0. The molecule has 2 aliphatic rings. The number of para-hydroxylation sites is 1. The molecule has 1 aliphatic heterocycles. The lowest BCUT2D eigenvalue weighted by Gasteiger charge is -2.31. The highest BCUT2D eigenvalue weighted by Gasteiger charge is 2.47. The van der Waals surface area contributed by atoms with Gasteiger partial charge in [0, 0.05) is 5.69 Å². The molecule has 3 atom stereocenters. The number of carbonyl (C=O) groups is 1. The smallest absolute Gasteiger partial charge is 0.415 e. The van der Waals surface area contributed by atoms with Gasteiger partial charge in [0.25, 0.3) is 0 Å². The fourth-order valence-corrected chi connectivity index (χ4v) is 2.75. The number of carbonyl (C=O) groups excluding carboxylic acids is 1. The zero-order valence-electron chi connectivity index (χ0n) is 9.45. The molecular formula is C13H15NO3. The highest BCUT2D eigenvalue weighted by atomic mass is 16.6. The van der Waals surface area contributed by atoms with E-state index in [1.807, 2.05) is 30.3 Å². The van der Waals surface area contributed by atoms with Gasteiger partial charge in [0.15, 0.2) is 6.10 Å². The molecule has 1 saturated carbocycles. The molecule has 4 nitrogen and oxygen atoms in total. The minimum Gasteiger partial charge on any atom is -0.441 e. The number of anilines is 1. The van der Waals surface area contributed by atoms with Gasteiger partial charge in [0.05, 0.1) is 12.1 Å². The highest BCUT2D eigenvalue weighted by Crippen LogP contribution is 2.35. The van der Waals surface area contributed by atoms with Crippen LogP contribution in [-0.4, -0.2) is 29.4 Å². The van der Waals surface area contributed by atoms with E-state index < -0.39 is 6.10 Å². The Labute approximate surface area is 99.8 Å². The van der Waals surface area contributed by atoms with Crippen LogP contribution >= 0.6 is 0 Å². The molecule has 1 saturated heterocycles. The second-order valence-corrected chi connectivity index (χ2v) is 4.62. The first-order valence-corrected chi connectivity index (χ1v) is 6.00. The van der Waals surface area contributed by atoms with Crippen LogP contribution in [-0.2, 0) is 4.74 Å². The highest BCUT2D eigenvalue weighted by molar-refractivity contribution is 5.90. The number of amides is 1. The molecule has 17 heavy (non-hydrogen) atoms. The maximum atomic E-state index is 11.9. The normalized spacial score (nSPS) is 32.2. The molecule has 1 amide bonds. The van der Waals surface area contributed by atoms with Crippen molar-refractivity contribution < 1.29 is 14.6 Å². The van der Waals surface area contributed by atoms with E-state index >= 15 is 0 Å². The van der Waals surface area contributed by atoms with Gasteiger partial charge >= 0.3 is 6.09 Å². The Kier molecular flexibility index (Phi) is 2.52. The van der Waals surface area contributed by atoms with Gasteiger partial charge in [0.2, 0.25) is 0 Å². The van der Waals surface area contributed by atoms with E-state index in [0.717, 1.165) is 24.9 Å². The molecule has 4 heteroatoms. The maximum absolute atomic E-state index is 11.9. The van der Waals surface area contributed by atoms with Crippen molar-refractivity contribution in [1.29, 1.82) is 0 Å². The maximum Gasteiger partial charge on any atom is 0.415 e. The summed E-state index contributed by atoms with van der Waals surface area (Å²) in [6.07, 6.45) is 1.32. The summed E-state index contributed by atoms with van der Waals surface area (Å²) in [7, 11) is 0. The van der Waals surface area contributed by atoms with Crippen molar-refractivity contribution in [3.05, 3.63) is 30.3 Å². The minimum atomic E-state index is -0.522. The van der Waals surface area contributed by atoms with E-state index in [4.69, 9.17) is 4.74 Å². The Bertz CT molecular complexity index is 420. The van der Waals surface area contributed by atoms with Crippen LogP contribution in [0.1, 0.15) is 19.3 Å². The van der Waals surface area contributed by atoms with Gasteiger partial charge in [-0.05, 0) is 31.4 Å². The minimum absolute atomic E-state index is 0.0198. The van der Waals surface area contributed by atoms with Crippen LogP contribution in [0.25, 0.3) is 0 Å². The Morgan fingerprint density at radius 2 is 2.00 bits per heavy atom. The van der Waals surface area contributed by atoms with Crippen molar-refractivity contribution in [2.24, 2.45) is 0 Å². The number of aliphatic hydroxyl groups is 1. The molecule has 0 bridgehead atoms. The lowest BCUT2D eigenvalue weighted by Crippen LogP contribution is -2.44. The number of hydrogen-bond acceptors (Lipinski definition) is 3. The molecular weight excluding hydrogens is 218 g/mol. The van der Waals surface area contributed by atoms with E-state index in [1.165, 1.54) is 0 Å². The van der Waals surface area contributed by atoms with Crippen molar-refractivity contribution in [1.82, 2.24) is 0 Å². The van der Waals surface area contributed by atoms with Gasteiger partial charge in [-0.3, -0.25) is 4.90 Å². The molecule has 1 aromatic rings. The Balaban J connectivity index is 1.92. The Hall–Kier alpha value is -1.55. The van der Waals surface area contributed by atoms with Gasteiger partial charge in [0.1, 0.15) is 0 Å². The lowest BCUT2D eigenvalue weighted by atomic mass is 9.89. The van der Waals surface area contributed by atoms with Gasteiger partial charge < -0.3 is 9.84 Å². The molecule has 0 aromatic heterocycles. The molecule has 3 rings (SSSR count). The predicted octanol–water partition coefficient (Wildman–Crippen LogP) is 1.93. The molecule has 1 heterocycles. The topological polar surface area (TPSA) is 49.8 Å². The summed E-state index contributed by atoms with van der Waals surface area (Å²) in [6, 6.07) is 9.48. The monoisotopic (exact) mass is 233 g/mol. The van der Waals surface area contributed by atoms with Crippen LogP contribution in [0.4, 0.5) is 10.5 Å². The third kappa shape index (κ3) is 1.69. The SMILES string of the molecule is O=C1OC2C(O)CCCC2N1c1ccccc1. The fraction of sp³-hybridized carbons (Fsp3) is 0.462. The molecule has 2 fully saturated rings. The molecule has 1 aliphatic carbocycles. The van der Waals surface area contributed by atoms with Crippen LogP contribution in [0.3, 0.4) is 0 Å². The standard InChI is InChI=1S/C13H15NO3/c15-11-8-4-7-10-12(11)17-13(16)14(10)9-5-2-1-3-6-9/h1-3,5-6,10-12,15H,4,7-8H2. The van der Waals surface area contributed by atoms with Crippen molar-refractivity contribution in [2.45, 2.75) is 37.5 Å². The van der Waals surface area contributed by atoms with Gasteiger partial charge in [-0.25, -0.2) is 4.79 Å². The van der Waals surface area contributed by atoms with Gasteiger partial charge in [-0.15, -0.1) is 0 Å². The zero-order chi connectivity index (χ0) is 11.8. The van der Waals surface area contributed by atoms with Crippen molar-refractivity contribution >= 4 is 11.8 Å². The van der Waals surface area contributed by atoms with Gasteiger partial charge in [-0.1, -0.05) is 18.2 Å². The Morgan fingerprint density at radius 3 is 2.76 bits per heavy atom. The van der Waals surface area contributed by atoms with Crippen LogP contribution in [0.2, 0.25) is 0 Å². The first-order valence-electron chi connectivity index (χ1n) is 6.00. The van der Waals surface area contributed by atoms with Crippen LogP contribution < -0.4 is 4.90 Å². The van der Waals surface area contributed by atoms with E-state index in [-0.39, 0.29) is 18.2 Å². The third-order valence-corrected chi connectivity index (χ3v) is 3.56. The van der Waals surface area contributed by atoms with E-state index in [0.29, 0.717) is 0 Å². The molecule has 1 N–H and O–H groups in total. The van der Waals surface area contributed by atoms with E-state index in [1.54, 1.807) is 4.90 Å². The molecule has 1 aromatic carbocycles. The van der Waals surface area contributed by atoms with Gasteiger partial charge in [-0.2, -0.15) is 0 Å². The fourth-order valence-electron chi connectivity index (χ4n) is 2.75. The third-order valence-electron chi connectivity index (χ3n) is 3.56. The quantitative estimate of drug-likeness (QED) is 0.806. The zero-order valence-corrected chi connectivity index (χ0v) is 9.45. The predicted molar refractivity (Wildman–Crippen MR) is 62.8 cm³/mol. The van der Waals surface area contributed by atoms with Crippen molar-refractivity contribution in [3.8, 4) is 0 Å². The molecule has 0 radical (unpaired) electrons. The summed E-state index contributed by atoms with van der Waals surface area (Å²) in [5.41, 5.74) is 0.846. The number of ether oxygens (including phenoxy) is 1. The number of rotatable bonds is 1. The average Bonchev–Trinajstić information content (AvgIpc) is 2.68. The summed E-state index contributed by atoms with van der Waals surface area (Å²) in [5.74, 6) is 0. The first-order chi connectivity index (χ1) is 8.27. The summed E-state index contributed by atoms with van der Waals surface area (Å²) in [6.45, 7) is 0. The van der Waals surface area contributed by atoms with Crippen LogP contribution in [0.5, 0.6) is 0 Å². The largest absolute Gasteiger partial charge is 0.441 e. The lowest BCUT2D eigenvalue weighted by molar-refractivity contribution is -0.00239. The number of fused-ring (bicyclic) bond motifs is 1. The average molecular weight is 233 g/mol. The van der Waals surface area contributed by atoms with Crippen molar-refractivity contribution in [2.75, 3.05) is 4.90 Å². The molecule has 90 valence electrons. The number of nitrogens with zero attached hydrogens (tertiary/aromatic N) is 1. The molecule has 0 spiro atoms. The second kappa shape index (κ2) is 4.04. The van der Waals surface area contributed by atoms with Crippen LogP contribution in [0.15, 0.2) is 30.3 Å². The second-order valence-electron chi connectivity index (χ2n) is 4.62. The summed E-state index contributed by atoms with van der Waals surface area (Å²) < 4.78 is 5.28. The van der Waals surface area contributed by atoms with Crippen molar-refractivity contribution in [3.63, 3.8) is 0 Å². The summed E-state index contributed by atoms with van der Waals surface area (Å²) in [5, 5.41) is 9.86. The number of aliphatic hydroxyl groups excluding tert-OH is 1. The summed E-state index contributed by atoms with van der Waals surface area (Å²) in [4.78, 5) is 13.6. The Morgan fingerprint density at radius 1 is 1.24 bits per heavy atom. The van der Waals surface area contributed by atoms with E-state index in [9.17, 15) is 9.90 Å².